The van der Waals surface area contributed by atoms with Crippen LogP contribution in [-0.2, 0) is 6.42 Å². The Hall–Kier alpha value is -0.960. The molecule has 1 rings (SSSR count). The normalized spacial score (nSPS) is 13.3. The van der Waals surface area contributed by atoms with E-state index in [-0.39, 0.29) is 6.04 Å². The van der Waals surface area contributed by atoms with Crippen molar-refractivity contribution >= 4 is 0 Å². The summed E-state index contributed by atoms with van der Waals surface area (Å²) in [6.45, 7) is 8.24. The van der Waals surface area contributed by atoms with E-state index in [4.69, 9.17) is 5.73 Å². The van der Waals surface area contributed by atoms with Gasteiger partial charge >= 0.3 is 0 Å². The molecule has 0 aliphatic heterocycles. The quantitative estimate of drug-likeness (QED) is 0.796. The Balaban J connectivity index is 2.95. The van der Waals surface area contributed by atoms with Crippen LogP contribution in [0.3, 0.4) is 0 Å². The molecule has 0 spiro atoms. The first-order valence-electron chi connectivity index (χ1n) is 5.09. The van der Waals surface area contributed by atoms with Gasteiger partial charge in [0.15, 0.2) is 0 Å². The lowest BCUT2D eigenvalue weighted by Crippen LogP contribution is -2.20. The van der Waals surface area contributed by atoms with Crippen molar-refractivity contribution in [2.24, 2.45) is 5.73 Å². The summed E-state index contributed by atoms with van der Waals surface area (Å²) in [5.74, 6) is 1.31. The predicted molar refractivity (Wildman–Crippen MR) is 58.2 cm³/mol. The van der Waals surface area contributed by atoms with E-state index in [1.165, 1.54) is 0 Å². The fraction of sp³-hybridized carbons (Fsp3) is 0.636. The maximum Gasteiger partial charge on any atom is 0.130 e. The zero-order valence-corrected chi connectivity index (χ0v) is 9.41. The van der Waals surface area contributed by atoms with Crippen molar-refractivity contribution < 1.29 is 0 Å². The average molecular weight is 193 g/mol. The molecule has 2 N–H and O–H groups in total. The Labute approximate surface area is 85.8 Å². The highest BCUT2D eigenvalue weighted by atomic mass is 14.9. The van der Waals surface area contributed by atoms with Crippen LogP contribution in [0.5, 0.6) is 0 Å². The SMILES string of the molecule is Cc1cc(C(C)C)nc(CC(C)N)n1. The molecule has 0 bridgehead atoms. The molecular weight excluding hydrogens is 174 g/mol. The van der Waals surface area contributed by atoms with Crippen molar-refractivity contribution in [2.75, 3.05) is 0 Å². The van der Waals surface area contributed by atoms with Crippen LogP contribution in [-0.4, -0.2) is 16.0 Å². The zero-order valence-electron chi connectivity index (χ0n) is 9.41. The van der Waals surface area contributed by atoms with Crippen LogP contribution in [0.4, 0.5) is 0 Å². The third kappa shape index (κ3) is 3.07. The molecule has 1 atom stereocenters. The summed E-state index contributed by atoms with van der Waals surface area (Å²) >= 11 is 0. The standard InChI is InChI=1S/C11H19N3/c1-7(2)10-6-9(4)13-11(14-10)5-8(3)12/h6-8H,5,12H2,1-4H3. The van der Waals surface area contributed by atoms with Crippen molar-refractivity contribution in [3.63, 3.8) is 0 Å². The van der Waals surface area contributed by atoms with Crippen LogP contribution in [0.1, 0.15) is 43.9 Å². The molecule has 0 saturated heterocycles. The minimum atomic E-state index is 0.122. The second-order valence-electron chi connectivity index (χ2n) is 4.19. The van der Waals surface area contributed by atoms with Crippen LogP contribution < -0.4 is 5.73 Å². The zero-order chi connectivity index (χ0) is 10.7. The highest BCUT2D eigenvalue weighted by molar-refractivity contribution is 5.13. The molecule has 0 aromatic carbocycles. The fourth-order valence-electron chi connectivity index (χ4n) is 1.33. The lowest BCUT2D eigenvalue weighted by molar-refractivity contribution is 0.683. The van der Waals surface area contributed by atoms with Crippen molar-refractivity contribution in [3.05, 3.63) is 23.3 Å². The summed E-state index contributed by atoms with van der Waals surface area (Å²) in [5.41, 5.74) is 7.85. The lowest BCUT2D eigenvalue weighted by atomic mass is 10.1. The molecule has 14 heavy (non-hydrogen) atoms. The summed E-state index contributed by atoms with van der Waals surface area (Å²) in [5, 5.41) is 0. The predicted octanol–water partition coefficient (Wildman–Crippen LogP) is 1.80. The van der Waals surface area contributed by atoms with Gasteiger partial charge in [0.05, 0.1) is 0 Å². The van der Waals surface area contributed by atoms with Gasteiger partial charge in [-0.3, -0.25) is 0 Å². The van der Waals surface area contributed by atoms with E-state index >= 15 is 0 Å². The minimum Gasteiger partial charge on any atom is -0.328 e. The molecule has 0 aliphatic rings. The number of nitrogens with two attached hydrogens (primary N) is 1. The second-order valence-corrected chi connectivity index (χ2v) is 4.19. The molecule has 0 fully saturated rings. The summed E-state index contributed by atoms with van der Waals surface area (Å²) in [6, 6.07) is 2.16. The largest absolute Gasteiger partial charge is 0.328 e. The molecule has 0 saturated carbocycles. The van der Waals surface area contributed by atoms with E-state index in [2.05, 4.69) is 23.8 Å². The molecule has 1 heterocycles. The fourth-order valence-corrected chi connectivity index (χ4v) is 1.33. The number of hydrogen-bond donors (Lipinski definition) is 1. The third-order valence-corrected chi connectivity index (χ3v) is 2.02. The van der Waals surface area contributed by atoms with Gasteiger partial charge in [-0.2, -0.15) is 0 Å². The van der Waals surface area contributed by atoms with Crippen LogP contribution in [0, 0.1) is 6.92 Å². The van der Waals surface area contributed by atoms with Crippen LogP contribution in [0.25, 0.3) is 0 Å². The highest BCUT2D eigenvalue weighted by Gasteiger charge is 2.07. The van der Waals surface area contributed by atoms with E-state index in [0.29, 0.717) is 5.92 Å². The van der Waals surface area contributed by atoms with Crippen LogP contribution in [0.15, 0.2) is 6.07 Å². The van der Waals surface area contributed by atoms with Crippen molar-refractivity contribution in [2.45, 2.75) is 46.1 Å². The average Bonchev–Trinajstić information content (AvgIpc) is 2.01. The first-order chi connectivity index (χ1) is 6.49. The Kier molecular flexibility index (Phi) is 3.58. The third-order valence-electron chi connectivity index (χ3n) is 2.02. The van der Waals surface area contributed by atoms with Gasteiger partial charge in [0.2, 0.25) is 0 Å². The number of hydrogen-bond acceptors (Lipinski definition) is 3. The summed E-state index contributed by atoms with van der Waals surface area (Å²) in [7, 11) is 0. The summed E-state index contributed by atoms with van der Waals surface area (Å²) < 4.78 is 0. The molecule has 1 unspecified atom stereocenters. The highest BCUT2D eigenvalue weighted by Crippen LogP contribution is 2.12. The topological polar surface area (TPSA) is 51.8 Å². The smallest absolute Gasteiger partial charge is 0.130 e. The van der Waals surface area contributed by atoms with Gasteiger partial charge in [0.25, 0.3) is 0 Å². The van der Waals surface area contributed by atoms with E-state index < -0.39 is 0 Å². The number of aryl methyl sites for hydroxylation is 1. The molecule has 0 aliphatic carbocycles. The Morgan fingerprint density at radius 1 is 1.29 bits per heavy atom. The molecule has 0 amide bonds. The molecule has 3 nitrogen and oxygen atoms in total. The van der Waals surface area contributed by atoms with Crippen LogP contribution >= 0.6 is 0 Å². The van der Waals surface area contributed by atoms with Gasteiger partial charge in [0.1, 0.15) is 5.82 Å². The van der Waals surface area contributed by atoms with Gasteiger partial charge in [-0.15, -0.1) is 0 Å². The molecule has 3 heteroatoms. The molecule has 1 aromatic rings. The van der Waals surface area contributed by atoms with Crippen molar-refractivity contribution in [1.29, 1.82) is 0 Å². The lowest BCUT2D eigenvalue weighted by Gasteiger charge is -2.09. The van der Waals surface area contributed by atoms with Gasteiger partial charge in [-0.1, -0.05) is 13.8 Å². The van der Waals surface area contributed by atoms with E-state index in [0.717, 1.165) is 23.6 Å². The number of aromatic nitrogens is 2. The molecular formula is C11H19N3. The Bertz CT molecular complexity index is 305. The minimum absolute atomic E-state index is 0.122. The summed E-state index contributed by atoms with van der Waals surface area (Å²) in [6.07, 6.45) is 0.751. The number of nitrogens with zero attached hydrogens (tertiary/aromatic N) is 2. The van der Waals surface area contributed by atoms with Crippen molar-refractivity contribution in [1.82, 2.24) is 9.97 Å². The molecule has 1 aromatic heterocycles. The number of rotatable bonds is 3. The van der Waals surface area contributed by atoms with Gasteiger partial charge in [0, 0.05) is 23.9 Å². The van der Waals surface area contributed by atoms with Gasteiger partial charge in [-0.05, 0) is 25.8 Å². The monoisotopic (exact) mass is 193 g/mol. The van der Waals surface area contributed by atoms with Crippen molar-refractivity contribution in [3.8, 4) is 0 Å². The first kappa shape index (κ1) is 11.1. The maximum atomic E-state index is 5.72. The van der Waals surface area contributed by atoms with E-state index in [1.807, 2.05) is 19.9 Å². The van der Waals surface area contributed by atoms with Crippen LogP contribution in [0.2, 0.25) is 0 Å². The van der Waals surface area contributed by atoms with E-state index in [1.54, 1.807) is 0 Å². The second kappa shape index (κ2) is 4.51. The molecule has 78 valence electrons. The molecule has 0 radical (unpaired) electrons. The Morgan fingerprint density at radius 3 is 2.43 bits per heavy atom. The van der Waals surface area contributed by atoms with Gasteiger partial charge < -0.3 is 5.73 Å². The Morgan fingerprint density at radius 2 is 1.93 bits per heavy atom. The first-order valence-corrected chi connectivity index (χ1v) is 5.09. The van der Waals surface area contributed by atoms with E-state index in [9.17, 15) is 0 Å². The maximum absolute atomic E-state index is 5.72. The summed E-state index contributed by atoms with van der Waals surface area (Å²) in [4.78, 5) is 8.85. The van der Waals surface area contributed by atoms with Gasteiger partial charge in [-0.25, -0.2) is 9.97 Å².